The van der Waals surface area contributed by atoms with Crippen molar-refractivity contribution in [1.29, 1.82) is 0 Å². The number of halogens is 3. The maximum Gasteiger partial charge on any atom is 0.405 e. The molecule has 0 spiro atoms. The predicted molar refractivity (Wildman–Crippen MR) is 130 cm³/mol. The molecule has 2 aliphatic heterocycles. The molecule has 12 heteroatoms. The van der Waals surface area contributed by atoms with Gasteiger partial charge in [-0.15, -0.1) is 0 Å². The standard InChI is InChI=1S/C23H27F3N6O2.CH2O/c1-12-8-33-9-13-10-34-17-18(22(2,3)4)30-20(31-21(17)32(12)13)16-14-5-6-27-19(14)28-7-15(16)29-11-23(24,25)26;1-2/h5-7,12-13,29H,8-11H2,1-4H3,(H,27,28);1H2/t12-,13+;/m1./s1. The van der Waals surface area contributed by atoms with Crippen molar-refractivity contribution >= 4 is 29.3 Å². The molecule has 0 saturated carbocycles. The number of ether oxygens (including phenoxy) is 2. The summed E-state index contributed by atoms with van der Waals surface area (Å²) in [4.78, 5) is 27.3. The van der Waals surface area contributed by atoms with Crippen LogP contribution in [0.25, 0.3) is 22.4 Å². The van der Waals surface area contributed by atoms with Crippen LogP contribution in [0.4, 0.5) is 24.7 Å². The van der Waals surface area contributed by atoms with Crippen LogP contribution in [0, 0.1) is 0 Å². The lowest BCUT2D eigenvalue weighted by Crippen LogP contribution is -2.56. The smallest absolute Gasteiger partial charge is 0.405 e. The molecule has 5 heterocycles. The number of carbonyl (C=O) groups is 1. The maximum absolute atomic E-state index is 13.0. The Kier molecular flexibility index (Phi) is 6.82. The average Bonchev–Trinajstić information content (AvgIpc) is 3.30. The number of hydrogen-bond donors (Lipinski definition) is 2. The van der Waals surface area contributed by atoms with Crippen LogP contribution in [0.1, 0.15) is 33.4 Å². The van der Waals surface area contributed by atoms with Crippen LogP contribution in [-0.4, -0.2) is 71.4 Å². The second-order valence-electron chi connectivity index (χ2n) is 9.81. The minimum absolute atomic E-state index is 0.000592. The van der Waals surface area contributed by atoms with Gasteiger partial charge in [-0.25, -0.2) is 15.0 Å². The number of aromatic amines is 1. The molecule has 2 aliphatic rings. The van der Waals surface area contributed by atoms with Gasteiger partial charge in [-0.2, -0.15) is 13.2 Å². The van der Waals surface area contributed by atoms with Gasteiger partial charge in [-0.3, -0.25) is 0 Å². The lowest BCUT2D eigenvalue weighted by Gasteiger charge is -2.45. The molecule has 2 N–H and O–H groups in total. The van der Waals surface area contributed by atoms with E-state index in [2.05, 4.69) is 27.1 Å². The molecular weight excluding hydrogens is 477 g/mol. The Labute approximate surface area is 206 Å². The number of nitrogens with zero attached hydrogens (tertiary/aromatic N) is 4. The van der Waals surface area contributed by atoms with Crippen LogP contribution in [0.2, 0.25) is 0 Å². The number of aromatic nitrogens is 4. The number of nitrogens with one attached hydrogen (secondary N) is 2. The predicted octanol–water partition coefficient (Wildman–Crippen LogP) is 4.09. The van der Waals surface area contributed by atoms with Crippen LogP contribution in [0.3, 0.4) is 0 Å². The highest BCUT2D eigenvalue weighted by atomic mass is 19.4. The summed E-state index contributed by atoms with van der Waals surface area (Å²) in [6, 6.07) is 1.83. The number of carbonyl (C=O) groups excluding carboxylic acids is 1. The molecule has 9 nitrogen and oxygen atoms in total. The molecule has 0 radical (unpaired) electrons. The number of alkyl halides is 3. The Morgan fingerprint density at radius 1 is 1.19 bits per heavy atom. The van der Waals surface area contributed by atoms with Gasteiger partial charge in [0.2, 0.25) is 0 Å². The molecule has 0 aromatic carbocycles. The lowest BCUT2D eigenvalue weighted by molar-refractivity contribution is -0.115. The fraction of sp³-hybridized carbons (Fsp3) is 0.500. The molecule has 0 amide bonds. The fourth-order valence-electron chi connectivity index (χ4n) is 4.53. The van der Waals surface area contributed by atoms with E-state index in [0.717, 1.165) is 0 Å². The van der Waals surface area contributed by atoms with E-state index in [4.69, 9.17) is 24.2 Å². The van der Waals surface area contributed by atoms with Gasteiger partial charge in [0.25, 0.3) is 0 Å². The number of morpholine rings is 1. The number of anilines is 2. The Hall–Kier alpha value is -3.41. The van der Waals surface area contributed by atoms with E-state index >= 15 is 0 Å². The Balaban J connectivity index is 0.00000148. The highest BCUT2D eigenvalue weighted by Crippen LogP contribution is 2.44. The van der Waals surface area contributed by atoms with Gasteiger partial charge < -0.3 is 29.5 Å². The normalized spacial score (nSPS) is 19.6. The molecule has 1 fully saturated rings. The fourth-order valence-corrected chi connectivity index (χ4v) is 4.53. The van der Waals surface area contributed by atoms with Crippen molar-refractivity contribution in [2.24, 2.45) is 0 Å². The number of rotatable bonds is 3. The van der Waals surface area contributed by atoms with Gasteiger partial charge in [0.05, 0.1) is 48.4 Å². The molecule has 3 aromatic rings. The molecule has 2 atom stereocenters. The van der Waals surface area contributed by atoms with Crippen molar-refractivity contribution in [1.82, 2.24) is 19.9 Å². The van der Waals surface area contributed by atoms with Crippen molar-refractivity contribution in [3.05, 3.63) is 24.2 Å². The van der Waals surface area contributed by atoms with Gasteiger partial charge in [-0.1, -0.05) is 20.8 Å². The van der Waals surface area contributed by atoms with Gasteiger partial charge >= 0.3 is 6.18 Å². The van der Waals surface area contributed by atoms with E-state index in [9.17, 15) is 13.2 Å². The quantitative estimate of drug-likeness (QED) is 0.547. The zero-order valence-corrected chi connectivity index (χ0v) is 20.6. The van der Waals surface area contributed by atoms with E-state index in [-0.39, 0.29) is 17.8 Å². The zero-order valence-electron chi connectivity index (χ0n) is 20.6. The minimum Gasteiger partial charge on any atom is -0.486 e. The first kappa shape index (κ1) is 25.7. The number of fused-ring (bicyclic) bond motifs is 4. The van der Waals surface area contributed by atoms with Crippen molar-refractivity contribution in [3.63, 3.8) is 0 Å². The first-order valence-corrected chi connectivity index (χ1v) is 11.5. The monoisotopic (exact) mass is 506 g/mol. The molecule has 3 aromatic heterocycles. The summed E-state index contributed by atoms with van der Waals surface area (Å²) >= 11 is 0. The van der Waals surface area contributed by atoms with Crippen molar-refractivity contribution in [2.45, 2.75) is 51.4 Å². The van der Waals surface area contributed by atoms with Crippen LogP contribution in [-0.2, 0) is 14.9 Å². The molecule has 36 heavy (non-hydrogen) atoms. The van der Waals surface area contributed by atoms with Gasteiger partial charge in [0.1, 0.15) is 25.6 Å². The topological polar surface area (TPSA) is 105 Å². The van der Waals surface area contributed by atoms with Crippen molar-refractivity contribution in [2.75, 3.05) is 36.6 Å². The zero-order chi connectivity index (χ0) is 26.3. The van der Waals surface area contributed by atoms with E-state index in [0.29, 0.717) is 59.5 Å². The highest BCUT2D eigenvalue weighted by Gasteiger charge is 2.40. The van der Waals surface area contributed by atoms with E-state index in [1.807, 2.05) is 27.6 Å². The first-order chi connectivity index (χ1) is 17.0. The summed E-state index contributed by atoms with van der Waals surface area (Å²) in [7, 11) is 0. The molecule has 0 bridgehead atoms. The minimum atomic E-state index is -4.39. The summed E-state index contributed by atoms with van der Waals surface area (Å²) in [5.41, 5.74) is 1.53. The average molecular weight is 507 g/mol. The van der Waals surface area contributed by atoms with E-state index in [1.54, 1.807) is 12.3 Å². The van der Waals surface area contributed by atoms with Crippen LogP contribution < -0.4 is 15.0 Å². The van der Waals surface area contributed by atoms with Gasteiger partial charge in [0.15, 0.2) is 17.4 Å². The second-order valence-corrected chi connectivity index (χ2v) is 9.81. The molecule has 1 saturated heterocycles. The van der Waals surface area contributed by atoms with Gasteiger partial charge in [0, 0.05) is 17.0 Å². The molecule has 5 rings (SSSR count). The Morgan fingerprint density at radius 2 is 1.94 bits per heavy atom. The number of hydrogen-bond acceptors (Lipinski definition) is 8. The Bertz CT molecular complexity index is 1240. The third kappa shape index (κ3) is 4.81. The van der Waals surface area contributed by atoms with E-state index in [1.165, 1.54) is 6.20 Å². The Morgan fingerprint density at radius 3 is 2.64 bits per heavy atom. The van der Waals surface area contributed by atoms with E-state index < -0.39 is 18.1 Å². The maximum atomic E-state index is 13.0. The van der Waals surface area contributed by atoms with Crippen LogP contribution >= 0.6 is 0 Å². The summed E-state index contributed by atoms with van der Waals surface area (Å²) < 4.78 is 51.0. The summed E-state index contributed by atoms with van der Waals surface area (Å²) in [6.07, 6.45) is -1.31. The largest absolute Gasteiger partial charge is 0.486 e. The second kappa shape index (κ2) is 9.57. The molecule has 0 unspecified atom stereocenters. The summed E-state index contributed by atoms with van der Waals surface area (Å²) in [5.74, 6) is 1.58. The number of pyridine rings is 1. The number of H-pyrrole nitrogens is 1. The molecule has 194 valence electrons. The first-order valence-electron chi connectivity index (χ1n) is 11.5. The third-order valence-corrected chi connectivity index (χ3v) is 6.05. The summed E-state index contributed by atoms with van der Waals surface area (Å²) in [6.45, 7) is 10.5. The van der Waals surface area contributed by atoms with Crippen molar-refractivity contribution in [3.8, 4) is 17.1 Å². The lowest BCUT2D eigenvalue weighted by atomic mass is 9.90. The van der Waals surface area contributed by atoms with Crippen LogP contribution in [0.5, 0.6) is 5.75 Å². The SMILES string of the molecule is C=O.C[C@@H]1COC[C@H]2COc3c(nc(-c4c(NCC(F)(F)F)cnc5[nH]ccc45)nc3C(C)(C)C)N21. The van der Waals surface area contributed by atoms with Crippen LogP contribution in [0.15, 0.2) is 18.5 Å². The molecular formula is C24H29F3N6O3. The highest BCUT2D eigenvalue weighted by molar-refractivity contribution is 5.98. The van der Waals surface area contributed by atoms with Crippen molar-refractivity contribution < 1.29 is 27.4 Å². The van der Waals surface area contributed by atoms with Gasteiger partial charge in [-0.05, 0) is 13.0 Å². The third-order valence-electron chi connectivity index (χ3n) is 6.05. The molecule has 0 aliphatic carbocycles. The summed E-state index contributed by atoms with van der Waals surface area (Å²) in [5, 5.41) is 3.13.